The van der Waals surface area contributed by atoms with Crippen LogP contribution in [0.1, 0.15) is 16.9 Å². The first-order valence-corrected chi connectivity index (χ1v) is 7.02. The quantitative estimate of drug-likeness (QED) is 0.753. The van der Waals surface area contributed by atoms with Crippen molar-refractivity contribution >= 4 is 12.2 Å². The van der Waals surface area contributed by atoms with Gasteiger partial charge in [0.05, 0.1) is 12.8 Å². The van der Waals surface area contributed by atoms with Crippen molar-refractivity contribution in [3.05, 3.63) is 86.9 Å². The maximum atomic E-state index is 12.0. The first-order chi connectivity index (χ1) is 10.2. The van der Waals surface area contributed by atoms with E-state index in [0.29, 0.717) is 23.3 Å². The molecule has 0 unspecified atom stereocenters. The van der Waals surface area contributed by atoms with Crippen molar-refractivity contribution in [3.63, 3.8) is 0 Å². The number of nitrogens with zero attached hydrogens (tertiary/aromatic N) is 1. The monoisotopic (exact) mass is 298 g/mol. The number of hydrogen-bond donors (Lipinski definition) is 1. The Labute approximate surface area is 126 Å². The lowest BCUT2D eigenvalue weighted by Gasteiger charge is -2.08. The zero-order valence-electron chi connectivity index (χ0n) is 11.3. The van der Waals surface area contributed by atoms with E-state index >= 15 is 0 Å². The Morgan fingerprint density at radius 3 is 2.67 bits per heavy atom. The second kappa shape index (κ2) is 5.93. The molecule has 21 heavy (non-hydrogen) atoms. The van der Waals surface area contributed by atoms with Gasteiger partial charge in [0.25, 0.3) is 5.56 Å². The van der Waals surface area contributed by atoms with Gasteiger partial charge in [0, 0.05) is 18.2 Å². The van der Waals surface area contributed by atoms with Crippen molar-refractivity contribution in [1.29, 1.82) is 0 Å². The summed E-state index contributed by atoms with van der Waals surface area (Å²) >= 11 is 5.20. The average Bonchev–Trinajstić information content (AvgIpc) is 2.98. The molecule has 1 N–H and O–H groups in total. The Morgan fingerprint density at radius 1 is 1.14 bits per heavy atom. The van der Waals surface area contributed by atoms with E-state index in [4.69, 9.17) is 16.6 Å². The number of nitrogens with one attached hydrogen (secondary N) is 1. The van der Waals surface area contributed by atoms with Gasteiger partial charge in [-0.25, -0.2) is 0 Å². The first-order valence-electron chi connectivity index (χ1n) is 6.61. The van der Waals surface area contributed by atoms with Crippen LogP contribution in [0.15, 0.2) is 64.1 Å². The third-order valence-corrected chi connectivity index (χ3v) is 3.56. The number of furan rings is 1. The van der Waals surface area contributed by atoms with E-state index in [9.17, 15) is 4.79 Å². The maximum absolute atomic E-state index is 12.0. The van der Waals surface area contributed by atoms with Crippen molar-refractivity contribution in [2.45, 2.75) is 13.0 Å². The highest BCUT2D eigenvalue weighted by Gasteiger charge is 2.06. The van der Waals surface area contributed by atoms with Crippen LogP contribution in [0.2, 0.25) is 0 Å². The van der Waals surface area contributed by atoms with Gasteiger partial charge in [-0.15, -0.1) is 0 Å². The van der Waals surface area contributed by atoms with Crippen LogP contribution in [0.25, 0.3) is 0 Å². The molecule has 0 spiro atoms. The van der Waals surface area contributed by atoms with Crippen LogP contribution in [0, 0.1) is 4.77 Å². The normalized spacial score (nSPS) is 10.7. The molecule has 0 radical (unpaired) electrons. The fourth-order valence-corrected chi connectivity index (χ4v) is 2.39. The van der Waals surface area contributed by atoms with Gasteiger partial charge in [0.1, 0.15) is 5.76 Å². The molecular weight excluding hydrogens is 284 g/mol. The zero-order valence-corrected chi connectivity index (χ0v) is 12.1. The smallest absolute Gasteiger partial charge is 0.255 e. The van der Waals surface area contributed by atoms with Crippen molar-refractivity contribution in [2.24, 2.45) is 0 Å². The van der Waals surface area contributed by atoms with E-state index < -0.39 is 0 Å². The number of aromatic nitrogens is 2. The maximum Gasteiger partial charge on any atom is 0.255 e. The minimum atomic E-state index is -0.139. The van der Waals surface area contributed by atoms with Gasteiger partial charge in [-0.1, -0.05) is 30.3 Å². The Morgan fingerprint density at radius 2 is 1.95 bits per heavy atom. The summed E-state index contributed by atoms with van der Waals surface area (Å²) in [5.41, 5.74) is 1.63. The molecule has 0 amide bonds. The van der Waals surface area contributed by atoms with Crippen molar-refractivity contribution in [1.82, 2.24) is 9.55 Å². The fourth-order valence-electron chi connectivity index (χ4n) is 2.18. The zero-order chi connectivity index (χ0) is 14.7. The molecule has 3 rings (SSSR count). The summed E-state index contributed by atoms with van der Waals surface area (Å²) in [5.74, 6) is 0.795. The van der Waals surface area contributed by atoms with E-state index in [1.165, 1.54) is 0 Å². The number of hydrogen-bond acceptors (Lipinski definition) is 3. The summed E-state index contributed by atoms with van der Waals surface area (Å²) in [7, 11) is 0. The molecule has 106 valence electrons. The lowest BCUT2D eigenvalue weighted by molar-refractivity contribution is 0.489. The lowest BCUT2D eigenvalue weighted by Crippen LogP contribution is -2.18. The van der Waals surface area contributed by atoms with E-state index in [1.54, 1.807) is 12.5 Å². The lowest BCUT2D eigenvalue weighted by atomic mass is 10.1. The fraction of sp³-hybridized carbons (Fsp3) is 0.125. The molecule has 0 aliphatic rings. The van der Waals surface area contributed by atoms with Crippen LogP contribution in [-0.2, 0) is 13.0 Å². The van der Waals surface area contributed by atoms with Gasteiger partial charge >= 0.3 is 0 Å². The standard InChI is InChI=1S/C16H14N2O2S/c19-15-13(9-12-5-2-1-3-6-12)10-18(16(21)17-15)11-14-7-4-8-20-14/h1-8,10H,9,11H2,(H,17,19,21). The first kappa shape index (κ1) is 13.6. The molecule has 0 aliphatic carbocycles. The molecule has 0 bridgehead atoms. The van der Waals surface area contributed by atoms with Crippen molar-refractivity contribution in [3.8, 4) is 0 Å². The van der Waals surface area contributed by atoms with E-state index in [0.717, 1.165) is 11.3 Å². The Kier molecular flexibility index (Phi) is 3.83. The summed E-state index contributed by atoms with van der Waals surface area (Å²) in [6.07, 6.45) is 4.00. The molecule has 0 saturated heterocycles. The second-order valence-corrected chi connectivity index (χ2v) is 5.17. The highest BCUT2D eigenvalue weighted by atomic mass is 32.1. The van der Waals surface area contributed by atoms with E-state index in [2.05, 4.69) is 4.98 Å². The van der Waals surface area contributed by atoms with E-state index in [-0.39, 0.29) is 5.56 Å². The summed E-state index contributed by atoms with van der Waals surface area (Å²) in [6.45, 7) is 0.504. The number of rotatable bonds is 4. The summed E-state index contributed by atoms with van der Waals surface area (Å²) in [5, 5.41) is 0. The summed E-state index contributed by atoms with van der Waals surface area (Å²) < 4.78 is 7.53. The second-order valence-electron chi connectivity index (χ2n) is 4.78. The Bertz CT molecular complexity index is 833. The number of benzene rings is 1. The van der Waals surface area contributed by atoms with Crippen LogP contribution < -0.4 is 5.56 Å². The molecule has 0 saturated carbocycles. The van der Waals surface area contributed by atoms with Gasteiger partial charge in [-0.05, 0) is 29.9 Å². The topological polar surface area (TPSA) is 50.9 Å². The van der Waals surface area contributed by atoms with Gasteiger partial charge in [-0.2, -0.15) is 0 Å². The summed E-state index contributed by atoms with van der Waals surface area (Å²) in [6, 6.07) is 13.6. The molecule has 2 heterocycles. The van der Waals surface area contributed by atoms with Crippen molar-refractivity contribution in [2.75, 3.05) is 0 Å². The van der Waals surface area contributed by atoms with Crippen LogP contribution in [0.3, 0.4) is 0 Å². The third-order valence-electron chi connectivity index (χ3n) is 3.23. The Hall–Kier alpha value is -2.40. The SMILES string of the molecule is O=c1[nH]c(=S)n(Cc2ccco2)cc1Cc1ccccc1. The van der Waals surface area contributed by atoms with Gasteiger partial charge < -0.3 is 8.98 Å². The molecule has 0 fully saturated rings. The van der Waals surface area contributed by atoms with Crippen LogP contribution >= 0.6 is 12.2 Å². The summed E-state index contributed by atoms with van der Waals surface area (Å²) in [4.78, 5) is 14.8. The molecule has 0 atom stereocenters. The largest absolute Gasteiger partial charge is 0.467 e. The Balaban J connectivity index is 1.94. The highest BCUT2D eigenvalue weighted by molar-refractivity contribution is 7.71. The minimum Gasteiger partial charge on any atom is -0.467 e. The van der Waals surface area contributed by atoms with Gasteiger partial charge in [-0.3, -0.25) is 9.78 Å². The average molecular weight is 298 g/mol. The predicted molar refractivity (Wildman–Crippen MR) is 82.9 cm³/mol. The van der Waals surface area contributed by atoms with Crippen LogP contribution in [0.5, 0.6) is 0 Å². The molecule has 2 aromatic heterocycles. The molecule has 5 heteroatoms. The minimum absolute atomic E-state index is 0.139. The molecule has 3 aromatic rings. The van der Waals surface area contributed by atoms with E-state index in [1.807, 2.05) is 47.0 Å². The van der Waals surface area contributed by atoms with Crippen LogP contribution in [-0.4, -0.2) is 9.55 Å². The third kappa shape index (κ3) is 3.20. The van der Waals surface area contributed by atoms with Crippen LogP contribution in [0.4, 0.5) is 0 Å². The molecule has 1 aromatic carbocycles. The predicted octanol–water partition coefficient (Wildman–Crippen LogP) is 3.14. The molecular formula is C16H14N2O2S. The van der Waals surface area contributed by atoms with Crippen molar-refractivity contribution < 1.29 is 4.42 Å². The molecule has 0 aliphatic heterocycles. The van der Waals surface area contributed by atoms with Gasteiger partial charge in [0.15, 0.2) is 4.77 Å². The number of aromatic amines is 1. The number of H-pyrrole nitrogens is 1. The highest BCUT2D eigenvalue weighted by Crippen LogP contribution is 2.08. The van der Waals surface area contributed by atoms with Gasteiger partial charge in [0.2, 0.25) is 0 Å². The molecule has 4 nitrogen and oxygen atoms in total.